The fraction of sp³-hybridized carbons (Fsp3) is 0.750. The fourth-order valence-electron chi connectivity index (χ4n) is 2.41. The molecule has 2 aliphatic carbocycles. The molecule has 66 valence electrons. The highest BCUT2D eigenvalue weighted by Gasteiger charge is 2.55. The Morgan fingerprint density at radius 3 is 2.58 bits per heavy atom. The molecule has 4 atom stereocenters. The number of aliphatic carboxylic acids is 1. The number of carbonyl (C=O) groups is 2. The summed E-state index contributed by atoms with van der Waals surface area (Å²) in [7, 11) is 0. The van der Waals surface area contributed by atoms with Crippen molar-refractivity contribution in [2.45, 2.75) is 18.2 Å². The summed E-state index contributed by atoms with van der Waals surface area (Å²) in [5.41, 5.74) is 0. The second kappa shape index (κ2) is 2.46. The van der Waals surface area contributed by atoms with Gasteiger partial charge in [-0.1, -0.05) is 0 Å². The van der Waals surface area contributed by atoms with E-state index < -0.39 is 11.9 Å². The van der Waals surface area contributed by atoms with Crippen molar-refractivity contribution in [2.75, 3.05) is 0 Å². The summed E-state index contributed by atoms with van der Waals surface area (Å²) in [4.78, 5) is 21.9. The Morgan fingerprint density at radius 2 is 2.25 bits per heavy atom. The standard InChI is InChI=1S/C8H9ClO3/c9-5-1-4-6(10)2-3(5)7(4)8(11)12/h3-5,7H,1-2H2,(H,11,12)/t3-,4+,5-,7+/m1/s1. The van der Waals surface area contributed by atoms with Crippen LogP contribution in [-0.4, -0.2) is 22.2 Å². The van der Waals surface area contributed by atoms with E-state index in [0.29, 0.717) is 12.8 Å². The molecule has 0 amide bonds. The maximum absolute atomic E-state index is 11.2. The predicted molar refractivity (Wildman–Crippen MR) is 42.0 cm³/mol. The SMILES string of the molecule is O=C(O)[C@H]1[C@@H]2CC(=O)[C@@H]1C[C@H]2Cl. The Hall–Kier alpha value is -0.570. The zero-order chi connectivity index (χ0) is 8.88. The summed E-state index contributed by atoms with van der Waals surface area (Å²) in [6, 6.07) is 0. The van der Waals surface area contributed by atoms with Gasteiger partial charge in [-0.05, 0) is 12.3 Å². The molecule has 2 saturated carbocycles. The third kappa shape index (κ3) is 0.891. The van der Waals surface area contributed by atoms with E-state index in [1.807, 2.05) is 0 Å². The summed E-state index contributed by atoms with van der Waals surface area (Å²) in [6.45, 7) is 0. The van der Waals surface area contributed by atoms with Crippen molar-refractivity contribution >= 4 is 23.4 Å². The second-order valence-electron chi connectivity index (χ2n) is 3.56. The van der Waals surface area contributed by atoms with Crippen LogP contribution in [0.2, 0.25) is 0 Å². The predicted octanol–water partition coefficient (Wildman–Crippen LogP) is 0.904. The summed E-state index contributed by atoms with van der Waals surface area (Å²) in [5, 5.41) is 8.72. The number of ketones is 1. The van der Waals surface area contributed by atoms with Gasteiger partial charge in [-0.3, -0.25) is 9.59 Å². The first-order valence-corrected chi connectivity index (χ1v) is 4.44. The highest BCUT2D eigenvalue weighted by atomic mass is 35.5. The molecule has 2 rings (SSSR count). The van der Waals surface area contributed by atoms with Gasteiger partial charge in [0.15, 0.2) is 0 Å². The quantitative estimate of drug-likeness (QED) is 0.623. The Morgan fingerprint density at radius 1 is 1.58 bits per heavy atom. The average molecular weight is 189 g/mol. The lowest BCUT2D eigenvalue weighted by Crippen LogP contribution is -2.20. The van der Waals surface area contributed by atoms with Gasteiger partial charge in [0.2, 0.25) is 0 Å². The lowest BCUT2D eigenvalue weighted by molar-refractivity contribution is -0.144. The van der Waals surface area contributed by atoms with Crippen LogP contribution in [0.4, 0.5) is 0 Å². The van der Waals surface area contributed by atoms with Gasteiger partial charge in [0.1, 0.15) is 5.78 Å². The van der Waals surface area contributed by atoms with Gasteiger partial charge in [0, 0.05) is 17.7 Å². The minimum atomic E-state index is -0.862. The van der Waals surface area contributed by atoms with Crippen molar-refractivity contribution in [2.24, 2.45) is 17.8 Å². The van der Waals surface area contributed by atoms with Gasteiger partial charge in [0.25, 0.3) is 0 Å². The largest absolute Gasteiger partial charge is 0.481 e. The van der Waals surface area contributed by atoms with E-state index in [4.69, 9.17) is 16.7 Å². The lowest BCUT2D eigenvalue weighted by atomic mass is 9.98. The number of carbonyl (C=O) groups excluding carboxylic acids is 1. The zero-order valence-electron chi connectivity index (χ0n) is 6.37. The number of hydrogen-bond acceptors (Lipinski definition) is 2. The van der Waals surface area contributed by atoms with Crippen molar-refractivity contribution in [3.63, 3.8) is 0 Å². The smallest absolute Gasteiger partial charge is 0.307 e. The molecular formula is C8H9ClO3. The van der Waals surface area contributed by atoms with Gasteiger partial charge in [-0.2, -0.15) is 0 Å². The number of rotatable bonds is 1. The zero-order valence-corrected chi connectivity index (χ0v) is 7.12. The van der Waals surface area contributed by atoms with E-state index in [9.17, 15) is 9.59 Å². The van der Waals surface area contributed by atoms with E-state index in [1.54, 1.807) is 0 Å². The molecule has 1 N–H and O–H groups in total. The molecule has 0 aromatic carbocycles. The number of alkyl halides is 1. The van der Waals surface area contributed by atoms with Crippen LogP contribution in [0.5, 0.6) is 0 Å². The van der Waals surface area contributed by atoms with Gasteiger partial charge in [-0.25, -0.2) is 0 Å². The molecule has 0 saturated heterocycles. The second-order valence-corrected chi connectivity index (χ2v) is 4.12. The summed E-state index contributed by atoms with van der Waals surface area (Å²) >= 11 is 5.90. The van der Waals surface area contributed by atoms with Crippen LogP contribution < -0.4 is 0 Å². The maximum atomic E-state index is 11.2. The molecule has 0 heterocycles. The lowest BCUT2D eigenvalue weighted by Gasteiger charge is -2.12. The minimum absolute atomic E-state index is 0.0873. The minimum Gasteiger partial charge on any atom is -0.481 e. The fourth-order valence-corrected chi connectivity index (χ4v) is 2.85. The van der Waals surface area contributed by atoms with Crippen LogP contribution >= 0.6 is 11.6 Å². The van der Waals surface area contributed by atoms with Crippen molar-refractivity contribution in [1.29, 1.82) is 0 Å². The molecule has 3 nitrogen and oxygen atoms in total. The Bertz CT molecular complexity index is 251. The van der Waals surface area contributed by atoms with Crippen molar-refractivity contribution in [3.05, 3.63) is 0 Å². The van der Waals surface area contributed by atoms with E-state index in [-0.39, 0.29) is 23.0 Å². The Kier molecular flexibility index (Phi) is 1.65. The molecule has 0 aliphatic heterocycles. The summed E-state index contributed by atoms with van der Waals surface area (Å²) < 4.78 is 0. The number of Topliss-reactive ketones (excluding diaryl/α,β-unsaturated/α-hetero) is 1. The monoisotopic (exact) mass is 188 g/mol. The number of hydrogen-bond donors (Lipinski definition) is 1. The van der Waals surface area contributed by atoms with Gasteiger partial charge in [0.05, 0.1) is 5.92 Å². The van der Waals surface area contributed by atoms with E-state index >= 15 is 0 Å². The maximum Gasteiger partial charge on any atom is 0.307 e. The third-order valence-corrected chi connectivity index (χ3v) is 3.48. The number of fused-ring (bicyclic) bond motifs is 2. The molecule has 12 heavy (non-hydrogen) atoms. The normalized spacial score (nSPS) is 45.2. The van der Waals surface area contributed by atoms with Gasteiger partial charge in [-0.15, -0.1) is 11.6 Å². The number of halogens is 1. The molecule has 0 aromatic rings. The Balaban J connectivity index is 2.28. The Labute approximate surface area is 74.7 Å². The van der Waals surface area contributed by atoms with Crippen LogP contribution in [0.3, 0.4) is 0 Å². The summed E-state index contributed by atoms with van der Waals surface area (Å²) in [5.74, 6) is -1.68. The topological polar surface area (TPSA) is 54.4 Å². The van der Waals surface area contributed by atoms with E-state index in [0.717, 1.165) is 0 Å². The first-order chi connectivity index (χ1) is 5.61. The highest BCUT2D eigenvalue weighted by molar-refractivity contribution is 6.22. The molecule has 2 fully saturated rings. The van der Waals surface area contributed by atoms with E-state index in [1.165, 1.54) is 0 Å². The van der Waals surface area contributed by atoms with Crippen LogP contribution in [0, 0.1) is 17.8 Å². The van der Waals surface area contributed by atoms with Crippen LogP contribution in [-0.2, 0) is 9.59 Å². The number of carboxylic acid groups (broad SMARTS) is 1. The van der Waals surface area contributed by atoms with Crippen LogP contribution in [0.1, 0.15) is 12.8 Å². The van der Waals surface area contributed by atoms with Crippen LogP contribution in [0.15, 0.2) is 0 Å². The molecule has 4 heteroatoms. The van der Waals surface area contributed by atoms with E-state index in [2.05, 4.69) is 0 Å². The van der Waals surface area contributed by atoms with Crippen molar-refractivity contribution in [3.8, 4) is 0 Å². The average Bonchev–Trinajstić information content (AvgIpc) is 2.41. The summed E-state index contributed by atoms with van der Waals surface area (Å²) in [6.07, 6.45) is 0.928. The molecular weight excluding hydrogens is 180 g/mol. The molecule has 0 radical (unpaired) electrons. The van der Waals surface area contributed by atoms with Crippen molar-refractivity contribution in [1.82, 2.24) is 0 Å². The van der Waals surface area contributed by atoms with Crippen molar-refractivity contribution < 1.29 is 14.7 Å². The molecule has 0 aromatic heterocycles. The molecule has 0 unspecified atom stereocenters. The molecule has 0 spiro atoms. The van der Waals surface area contributed by atoms with Gasteiger partial charge < -0.3 is 5.11 Å². The first-order valence-electron chi connectivity index (χ1n) is 4.01. The first kappa shape index (κ1) is 8.05. The third-order valence-electron chi connectivity index (χ3n) is 2.97. The van der Waals surface area contributed by atoms with Crippen LogP contribution in [0.25, 0.3) is 0 Å². The molecule has 2 bridgehead atoms. The molecule has 2 aliphatic rings. The number of carboxylic acids is 1. The van der Waals surface area contributed by atoms with Gasteiger partial charge >= 0.3 is 5.97 Å². The highest BCUT2D eigenvalue weighted by Crippen LogP contribution is 2.49.